The molecule has 116 valence electrons. The van der Waals surface area contributed by atoms with E-state index in [0.29, 0.717) is 12.5 Å². The van der Waals surface area contributed by atoms with Crippen LogP contribution in [-0.4, -0.2) is 22.2 Å². The molecule has 0 spiro atoms. The monoisotopic (exact) mass is 307 g/mol. The minimum absolute atomic E-state index is 0.0710. The third-order valence-corrected chi connectivity index (χ3v) is 3.37. The van der Waals surface area contributed by atoms with Crippen molar-refractivity contribution in [1.29, 1.82) is 0 Å². The Balaban J connectivity index is 1.55. The lowest BCUT2D eigenvalue weighted by Crippen LogP contribution is -2.26. The summed E-state index contributed by atoms with van der Waals surface area (Å²) in [6, 6.07) is 4.62. The van der Waals surface area contributed by atoms with Crippen molar-refractivity contribution in [3.05, 3.63) is 47.8 Å². The molecule has 0 unspecified atom stereocenters. The normalized spacial score (nSPS) is 13.9. The van der Waals surface area contributed by atoms with Gasteiger partial charge in [0.25, 0.3) is 5.91 Å². The largest absolute Gasteiger partial charge is 0.468 e. The zero-order valence-electron chi connectivity index (χ0n) is 11.8. The number of carbonyl (C=O) groups excluding carboxylic acids is 1. The van der Waals surface area contributed by atoms with Crippen molar-refractivity contribution in [2.75, 3.05) is 6.54 Å². The molecule has 0 aliphatic heterocycles. The molecule has 0 radical (unpaired) electrons. The highest BCUT2D eigenvalue weighted by atomic mass is 19.1. The second-order valence-corrected chi connectivity index (χ2v) is 5.24. The zero-order valence-corrected chi connectivity index (χ0v) is 11.8. The summed E-state index contributed by atoms with van der Waals surface area (Å²) in [6.07, 6.45) is 3.88. The van der Waals surface area contributed by atoms with E-state index in [4.69, 9.17) is 4.74 Å². The maximum absolute atomic E-state index is 13.4. The number of ether oxygens (including phenoxy) is 1. The molecule has 1 N–H and O–H groups in total. The number of nitrogens with one attached hydrogen (secondary N) is 1. The van der Waals surface area contributed by atoms with Gasteiger partial charge in [0.15, 0.2) is 18.3 Å². The van der Waals surface area contributed by atoms with Gasteiger partial charge < -0.3 is 10.1 Å². The van der Waals surface area contributed by atoms with E-state index in [9.17, 15) is 13.6 Å². The Kier molecular flexibility index (Phi) is 4.04. The fourth-order valence-electron chi connectivity index (χ4n) is 1.93. The molecule has 1 saturated carbocycles. The van der Waals surface area contributed by atoms with Gasteiger partial charge in [-0.1, -0.05) is 0 Å². The number of hydrogen-bond donors (Lipinski definition) is 1. The molecule has 3 rings (SSSR count). The van der Waals surface area contributed by atoms with Crippen LogP contribution < -0.4 is 10.1 Å². The van der Waals surface area contributed by atoms with Gasteiger partial charge in [0.1, 0.15) is 11.5 Å². The number of carbonyl (C=O) groups is 1. The Morgan fingerprint density at radius 1 is 1.36 bits per heavy atom. The van der Waals surface area contributed by atoms with Gasteiger partial charge in [0.2, 0.25) is 0 Å². The molecule has 7 heteroatoms. The fourth-order valence-corrected chi connectivity index (χ4v) is 1.93. The van der Waals surface area contributed by atoms with Gasteiger partial charge in [-0.2, -0.15) is 5.10 Å². The highest BCUT2D eigenvalue weighted by Crippen LogP contribution is 2.27. The Morgan fingerprint density at radius 3 is 2.91 bits per heavy atom. The van der Waals surface area contributed by atoms with Gasteiger partial charge in [0, 0.05) is 18.8 Å². The minimum atomic E-state index is -0.783. The summed E-state index contributed by atoms with van der Waals surface area (Å²) in [5.41, 5.74) is 0.281. The van der Waals surface area contributed by atoms with Gasteiger partial charge in [-0.3, -0.25) is 4.79 Å². The van der Waals surface area contributed by atoms with E-state index in [1.54, 1.807) is 12.3 Å². The molecule has 1 heterocycles. The van der Waals surface area contributed by atoms with E-state index in [2.05, 4.69) is 10.4 Å². The van der Waals surface area contributed by atoms with Crippen LogP contribution in [0.3, 0.4) is 0 Å². The number of rotatable bonds is 6. The van der Waals surface area contributed by atoms with E-state index in [0.717, 1.165) is 25.0 Å². The lowest BCUT2D eigenvalue weighted by molar-refractivity contribution is 0.0944. The number of aromatic nitrogens is 2. The van der Waals surface area contributed by atoms with Crippen molar-refractivity contribution < 1.29 is 18.3 Å². The Bertz CT molecular complexity index is 683. The summed E-state index contributed by atoms with van der Waals surface area (Å²) in [7, 11) is 0. The van der Waals surface area contributed by atoms with Gasteiger partial charge in [0.05, 0.1) is 0 Å². The van der Waals surface area contributed by atoms with Crippen LogP contribution in [-0.2, 0) is 6.73 Å². The molecule has 0 bridgehead atoms. The summed E-state index contributed by atoms with van der Waals surface area (Å²) in [6.45, 7) is 0.599. The van der Waals surface area contributed by atoms with Crippen molar-refractivity contribution in [2.24, 2.45) is 5.92 Å². The van der Waals surface area contributed by atoms with E-state index < -0.39 is 11.6 Å². The molecule has 1 fully saturated rings. The molecule has 1 amide bonds. The summed E-state index contributed by atoms with van der Waals surface area (Å²) >= 11 is 0. The van der Waals surface area contributed by atoms with Crippen LogP contribution in [0.1, 0.15) is 23.3 Å². The Hall–Kier alpha value is -2.44. The molecular formula is C15H15F2N3O2. The van der Waals surface area contributed by atoms with Crippen LogP contribution >= 0.6 is 0 Å². The lowest BCUT2D eigenvalue weighted by atomic mass is 10.3. The van der Waals surface area contributed by atoms with Crippen molar-refractivity contribution in [3.8, 4) is 5.75 Å². The summed E-state index contributed by atoms with van der Waals surface area (Å²) in [5, 5.41) is 6.86. The fraction of sp³-hybridized carbons (Fsp3) is 0.333. The maximum atomic E-state index is 13.4. The standard InChI is InChI=1S/C15H15F2N3O2/c16-11-3-4-14(12(17)7-11)22-9-20-6-5-13(19-20)15(21)18-8-10-1-2-10/h3-7,10H,1-2,8-9H2,(H,18,21). The number of benzene rings is 1. The van der Waals surface area contributed by atoms with E-state index in [1.807, 2.05) is 0 Å². The molecule has 1 aliphatic carbocycles. The first-order valence-corrected chi connectivity index (χ1v) is 7.01. The highest BCUT2D eigenvalue weighted by Gasteiger charge is 2.22. The average Bonchev–Trinajstić information content (AvgIpc) is 3.20. The topological polar surface area (TPSA) is 56.2 Å². The van der Waals surface area contributed by atoms with E-state index >= 15 is 0 Å². The number of halogens is 2. The Labute approximate surface area is 125 Å². The molecule has 22 heavy (non-hydrogen) atoms. The van der Waals surface area contributed by atoms with E-state index in [1.165, 1.54) is 10.7 Å². The molecule has 0 saturated heterocycles. The quantitative estimate of drug-likeness (QED) is 0.891. The van der Waals surface area contributed by atoms with Crippen molar-refractivity contribution in [3.63, 3.8) is 0 Å². The number of amides is 1. The molecule has 5 nitrogen and oxygen atoms in total. The predicted octanol–water partition coefficient (Wildman–Crippen LogP) is 2.34. The number of nitrogens with zero attached hydrogens (tertiary/aromatic N) is 2. The summed E-state index contributed by atoms with van der Waals surface area (Å²) < 4.78 is 32.8. The van der Waals surface area contributed by atoms with Crippen LogP contribution in [0.2, 0.25) is 0 Å². The first-order chi connectivity index (χ1) is 10.6. The van der Waals surface area contributed by atoms with Crippen LogP contribution in [0, 0.1) is 17.6 Å². The van der Waals surface area contributed by atoms with Crippen LogP contribution in [0.15, 0.2) is 30.5 Å². The first kappa shape index (κ1) is 14.5. The van der Waals surface area contributed by atoms with Crippen LogP contribution in [0.25, 0.3) is 0 Å². The number of hydrogen-bond acceptors (Lipinski definition) is 3. The smallest absolute Gasteiger partial charge is 0.271 e. The van der Waals surface area contributed by atoms with Gasteiger partial charge in [-0.25, -0.2) is 13.5 Å². The highest BCUT2D eigenvalue weighted by molar-refractivity contribution is 5.92. The molecule has 1 aromatic carbocycles. The summed E-state index contributed by atoms with van der Waals surface area (Å²) in [5.74, 6) is -1.17. The van der Waals surface area contributed by atoms with Crippen molar-refractivity contribution >= 4 is 5.91 Å². The minimum Gasteiger partial charge on any atom is -0.468 e. The Morgan fingerprint density at radius 2 is 2.18 bits per heavy atom. The van der Waals surface area contributed by atoms with Gasteiger partial charge >= 0.3 is 0 Å². The van der Waals surface area contributed by atoms with Gasteiger partial charge in [-0.15, -0.1) is 0 Å². The molecular weight excluding hydrogens is 292 g/mol. The van der Waals surface area contributed by atoms with Crippen molar-refractivity contribution in [1.82, 2.24) is 15.1 Å². The van der Waals surface area contributed by atoms with E-state index in [-0.39, 0.29) is 24.1 Å². The third-order valence-electron chi connectivity index (χ3n) is 3.37. The average molecular weight is 307 g/mol. The van der Waals surface area contributed by atoms with Crippen LogP contribution in [0.4, 0.5) is 8.78 Å². The van der Waals surface area contributed by atoms with Gasteiger partial charge in [-0.05, 0) is 37.0 Å². The maximum Gasteiger partial charge on any atom is 0.271 e. The predicted molar refractivity (Wildman–Crippen MR) is 74.3 cm³/mol. The second-order valence-electron chi connectivity index (χ2n) is 5.24. The SMILES string of the molecule is O=C(NCC1CC1)c1ccn(COc2ccc(F)cc2F)n1. The zero-order chi connectivity index (χ0) is 15.5. The first-order valence-electron chi connectivity index (χ1n) is 7.01. The third kappa shape index (κ3) is 3.60. The molecule has 1 aliphatic rings. The molecule has 0 atom stereocenters. The lowest BCUT2D eigenvalue weighted by Gasteiger charge is -2.07. The van der Waals surface area contributed by atoms with Crippen LogP contribution in [0.5, 0.6) is 5.75 Å². The molecule has 1 aromatic heterocycles. The molecule has 2 aromatic rings. The summed E-state index contributed by atoms with van der Waals surface area (Å²) in [4.78, 5) is 11.8. The van der Waals surface area contributed by atoms with Crippen molar-refractivity contribution in [2.45, 2.75) is 19.6 Å². The second kappa shape index (κ2) is 6.13.